The first-order chi connectivity index (χ1) is 13.1. The minimum atomic E-state index is -0.592. The molecule has 1 amide bonds. The summed E-state index contributed by atoms with van der Waals surface area (Å²) in [6, 6.07) is 14.8. The molecule has 0 heterocycles. The number of hydrogen-bond acceptors (Lipinski definition) is 6. The molecule has 0 aliphatic rings. The molecule has 7 heteroatoms. The maximum atomic E-state index is 12.0. The van der Waals surface area contributed by atoms with Gasteiger partial charge in [-0.3, -0.25) is 4.79 Å². The van der Waals surface area contributed by atoms with Crippen LogP contribution >= 0.6 is 11.8 Å². The van der Waals surface area contributed by atoms with Gasteiger partial charge in [0.15, 0.2) is 18.1 Å². The largest absolute Gasteiger partial charge is 0.493 e. The van der Waals surface area contributed by atoms with E-state index >= 15 is 0 Å². The molecule has 0 spiro atoms. The Morgan fingerprint density at radius 3 is 2.44 bits per heavy atom. The molecule has 6 nitrogen and oxygen atoms in total. The Bertz CT molecular complexity index is 751. The first-order valence-electron chi connectivity index (χ1n) is 8.47. The molecule has 0 bridgehead atoms. The van der Waals surface area contributed by atoms with Crippen molar-refractivity contribution in [1.29, 1.82) is 0 Å². The smallest absolute Gasteiger partial charge is 0.338 e. The van der Waals surface area contributed by atoms with E-state index in [9.17, 15) is 9.59 Å². The van der Waals surface area contributed by atoms with Crippen molar-refractivity contribution in [3.63, 3.8) is 0 Å². The second-order valence-corrected chi connectivity index (χ2v) is 6.68. The summed E-state index contributed by atoms with van der Waals surface area (Å²) in [4.78, 5) is 25.0. The van der Waals surface area contributed by atoms with E-state index < -0.39 is 5.97 Å². The van der Waals surface area contributed by atoms with Crippen LogP contribution < -0.4 is 14.8 Å². The molecule has 2 aromatic rings. The van der Waals surface area contributed by atoms with E-state index in [0.717, 1.165) is 12.2 Å². The molecule has 0 radical (unpaired) electrons. The van der Waals surface area contributed by atoms with Gasteiger partial charge in [0, 0.05) is 11.4 Å². The Hall–Kier alpha value is -2.67. The summed E-state index contributed by atoms with van der Waals surface area (Å²) in [5.74, 6) is 0.919. The highest BCUT2D eigenvalue weighted by atomic mass is 32.2. The normalized spacial score (nSPS) is 10.1. The van der Waals surface area contributed by atoms with Crippen LogP contribution in [0.4, 0.5) is 0 Å². The highest BCUT2D eigenvalue weighted by Gasteiger charge is 2.13. The van der Waals surface area contributed by atoms with Crippen molar-refractivity contribution in [1.82, 2.24) is 5.32 Å². The summed E-state index contributed by atoms with van der Waals surface area (Å²) in [6.07, 6.45) is 0.828. The number of methoxy groups -OCH3 is 2. The summed E-state index contributed by atoms with van der Waals surface area (Å²) >= 11 is 1.74. The van der Waals surface area contributed by atoms with Crippen molar-refractivity contribution in [2.75, 3.05) is 33.1 Å². The van der Waals surface area contributed by atoms with Gasteiger partial charge in [0.2, 0.25) is 0 Å². The van der Waals surface area contributed by atoms with Gasteiger partial charge in [0.25, 0.3) is 5.91 Å². The molecular formula is C20H23NO5S. The maximum absolute atomic E-state index is 12.0. The fourth-order valence-electron chi connectivity index (χ4n) is 2.24. The molecule has 27 heavy (non-hydrogen) atoms. The highest BCUT2D eigenvalue weighted by Crippen LogP contribution is 2.27. The van der Waals surface area contributed by atoms with Crippen LogP contribution in [0, 0.1) is 0 Å². The monoisotopic (exact) mass is 389 g/mol. The molecule has 0 unspecified atom stereocenters. The average Bonchev–Trinajstić information content (AvgIpc) is 2.71. The number of thioether (sulfide) groups is 1. The molecule has 0 aliphatic heterocycles. The summed E-state index contributed by atoms with van der Waals surface area (Å²) in [7, 11) is 3.00. The van der Waals surface area contributed by atoms with Gasteiger partial charge in [-0.05, 0) is 42.5 Å². The number of esters is 1. The van der Waals surface area contributed by atoms with Crippen LogP contribution in [-0.2, 0) is 9.53 Å². The Morgan fingerprint density at radius 1 is 1.00 bits per heavy atom. The molecule has 0 saturated heterocycles. The summed E-state index contributed by atoms with van der Waals surface area (Å²) in [5.41, 5.74) is 0.291. The van der Waals surface area contributed by atoms with Crippen LogP contribution in [0.5, 0.6) is 11.5 Å². The molecule has 0 saturated carbocycles. The third-order valence-electron chi connectivity index (χ3n) is 3.61. The number of benzene rings is 2. The second-order valence-electron chi connectivity index (χ2n) is 5.51. The van der Waals surface area contributed by atoms with Gasteiger partial charge in [0.05, 0.1) is 19.8 Å². The zero-order chi connectivity index (χ0) is 19.5. The fourth-order valence-corrected chi connectivity index (χ4v) is 3.11. The van der Waals surface area contributed by atoms with E-state index in [4.69, 9.17) is 14.2 Å². The topological polar surface area (TPSA) is 73.9 Å². The average molecular weight is 389 g/mol. The van der Waals surface area contributed by atoms with Crippen molar-refractivity contribution in [3.05, 3.63) is 54.1 Å². The van der Waals surface area contributed by atoms with Gasteiger partial charge in [0.1, 0.15) is 0 Å². The number of ether oxygens (including phenoxy) is 3. The lowest BCUT2D eigenvalue weighted by atomic mass is 10.2. The number of carbonyl (C=O) groups is 2. The highest BCUT2D eigenvalue weighted by molar-refractivity contribution is 7.99. The van der Waals surface area contributed by atoms with E-state index in [1.165, 1.54) is 25.2 Å². The first-order valence-corrected chi connectivity index (χ1v) is 9.46. The van der Waals surface area contributed by atoms with Crippen LogP contribution in [0.3, 0.4) is 0 Å². The molecule has 144 valence electrons. The zero-order valence-electron chi connectivity index (χ0n) is 15.4. The van der Waals surface area contributed by atoms with Crippen molar-refractivity contribution < 1.29 is 23.8 Å². The molecule has 2 aromatic carbocycles. The minimum Gasteiger partial charge on any atom is -0.493 e. The van der Waals surface area contributed by atoms with E-state index in [1.807, 2.05) is 18.2 Å². The van der Waals surface area contributed by atoms with Gasteiger partial charge >= 0.3 is 5.97 Å². The number of carbonyl (C=O) groups excluding carboxylic acids is 2. The van der Waals surface area contributed by atoms with Crippen molar-refractivity contribution >= 4 is 23.6 Å². The molecule has 0 aliphatic carbocycles. The van der Waals surface area contributed by atoms with Gasteiger partial charge < -0.3 is 19.5 Å². The SMILES string of the molecule is COc1ccc(C(=O)OCC(=O)NCCCSc2ccccc2)cc1OC. The van der Waals surface area contributed by atoms with Gasteiger partial charge in [-0.15, -0.1) is 11.8 Å². The van der Waals surface area contributed by atoms with Crippen molar-refractivity contribution in [2.45, 2.75) is 11.3 Å². The van der Waals surface area contributed by atoms with Gasteiger partial charge in [-0.2, -0.15) is 0 Å². The minimum absolute atomic E-state index is 0.291. The van der Waals surface area contributed by atoms with Gasteiger partial charge in [-0.25, -0.2) is 4.79 Å². The predicted molar refractivity (Wildman–Crippen MR) is 105 cm³/mol. The van der Waals surface area contributed by atoms with E-state index in [1.54, 1.807) is 23.9 Å². The number of amides is 1. The van der Waals surface area contributed by atoms with Crippen molar-refractivity contribution in [3.8, 4) is 11.5 Å². The second kappa shape index (κ2) is 11.1. The number of hydrogen-bond donors (Lipinski definition) is 1. The summed E-state index contributed by atoms with van der Waals surface area (Å²) in [5, 5.41) is 2.74. The number of rotatable bonds is 10. The predicted octanol–water partition coefficient (Wildman–Crippen LogP) is 3.16. The van der Waals surface area contributed by atoms with Crippen LogP contribution in [0.1, 0.15) is 16.8 Å². The van der Waals surface area contributed by atoms with E-state index in [0.29, 0.717) is 23.6 Å². The summed E-state index contributed by atoms with van der Waals surface area (Å²) in [6.45, 7) is 0.214. The maximum Gasteiger partial charge on any atom is 0.338 e. The first kappa shape index (κ1) is 20.6. The Labute approximate surface area is 163 Å². The molecule has 0 aromatic heterocycles. The lowest BCUT2D eigenvalue weighted by Gasteiger charge is -2.10. The Balaban J connectivity index is 1.67. The third kappa shape index (κ3) is 6.86. The lowest BCUT2D eigenvalue weighted by molar-refractivity contribution is -0.124. The van der Waals surface area contributed by atoms with Crippen LogP contribution in [0.15, 0.2) is 53.4 Å². The van der Waals surface area contributed by atoms with E-state index in [2.05, 4.69) is 17.4 Å². The summed E-state index contributed by atoms with van der Waals surface area (Å²) < 4.78 is 15.3. The molecule has 1 N–H and O–H groups in total. The molecule has 0 fully saturated rings. The van der Waals surface area contributed by atoms with Crippen LogP contribution in [0.2, 0.25) is 0 Å². The van der Waals surface area contributed by atoms with E-state index in [-0.39, 0.29) is 12.5 Å². The molecular weight excluding hydrogens is 366 g/mol. The standard InChI is InChI=1S/C20H23NO5S/c1-24-17-10-9-15(13-18(17)25-2)20(23)26-14-19(22)21-11-6-12-27-16-7-4-3-5-8-16/h3-5,7-10,13H,6,11-12,14H2,1-2H3,(H,21,22). The third-order valence-corrected chi connectivity index (χ3v) is 4.71. The molecule has 2 rings (SSSR count). The fraction of sp³-hybridized carbons (Fsp3) is 0.300. The van der Waals surface area contributed by atoms with Crippen molar-refractivity contribution in [2.24, 2.45) is 0 Å². The lowest BCUT2D eigenvalue weighted by Crippen LogP contribution is -2.29. The quantitative estimate of drug-likeness (QED) is 0.382. The Kier molecular flexibility index (Phi) is 8.51. The Morgan fingerprint density at radius 2 is 1.74 bits per heavy atom. The zero-order valence-corrected chi connectivity index (χ0v) is 16.2. The van der Waals surface area contributed by atoms with Crippen LogP contribution in [-0.4, -0.2) is 45.0 Å². The number of nitrogens with one attached hydrogen (secondary N) is 1. The van der Waals surface area contributed by atoms with Gasteiger partial charge in [-0.1, -0.05) is 18.2 Å². The van der Waals surface area contributed by atoms with Crippen LogP contribution in [0.25, 0.3) is 0 Å². The molecule has 0 atom stereocenters.